The van der Waals surface area contributed by atoms with Gasteiger partial charge >= 0.3 is 0 Å². The Hall–Kier alpha value is -1.27. The molecule has 0 aliphatic carbocycles. The van der Waals surface area contributed by atoms with Crippen molar-refractivity contribution >= 4 is 40.9 Å². The smallest absolute Gasteiger partial charge is 0.237 e. The van der Waals surface area contributed by atoms with Crippen LogP contribution in [0.15, 0.2) is 42.5 Å². The van der Waals surface area contributed by atoms with E-state index in [4.69, 9.17) is 23.2 Å². The molecule has 0 N–H and O–H groups in total. The van der Waals surface area contributed by atoms with E-state index in [0.29, 0.717) is 23.1 Å². The monoisotopic (exact) mass is 412 g/mol. The Balaban J connectivity index is 1.63. The maximum absolute atomic E-state index is 13.2. The van der Waals surface area contributed by atoms with Crippen molar-refractivity contribution in [1.82, 2.24) is 9.80 Å². The van der Waals surface area contributed by atoms with Crippen molar-refractivity contribution in [3.05, 3.63) is 69.5 Å². The van der Waals surface area contributed by atoms with Crippen molar-refractivity contribution in [2.75, 3.05) is 25.9 Å². The first-order valence-electron chi connectivity index (χ1n) is 8.23. The van der Waals surface area contributed by atoms with Crippen molar-refractivity contribution in [3.63, 3.8) is 0 Å². The highest BCUT2D eigenvalue weighted by atomic mass is 35.5. The molecule has 7 heteroatoms. The number of rotatable bonds is 5. The fourth-order valence-electron chi connectivity index (χ4n) is 2.95. The predicted octanol–water partition coefficient (Wildman–Crippen LogP) is 4.84. The lowest BCUT2D eigenvalue weighted by molar-refractivity contribution is -0.132. The minimum absolute atomic E-state index is 0.0527. The highest BCUT2D eigenvalue weighted by Crippen LogP contribution is 2.38. The first-order chi connectivity index (χ1) is 12.4. The third-order valence-electron chi connectivity index (χ3n) is 4.23. The van der Waals surface area contributed by atoms with Crippen LogP contribution >= 0.6 is 35.0 Å². The number of likely N-dealkylation sites (N-methyl/N-ethyl adjacent to an activating group) is 1. The molecule has 2 aromatic rings. The molecule has 1 amide bonds. The van der Waals surface area contributed by atoms with Gasteiger partial charge in [0.05, 0.1) is 6.54 Å². The number of nitrogens with zero attached hydrogens (tertiary/aromatic N) is 2. The minimum Gasteiger partial charge on any atom is -0.325 e. The Kier molecular flexibility index (Phi) is 6.46. The molecule has 1 atom stereocenters. The summed E-state index contributed by atoms with van der Waals surface area (Å²) in [5, 5.41) is 1.13. The molecule has 0 spiro atoms. The van der Waals surface area contributed by atoms with E-state index < -0.39 is 0 Å². The summed E-state index contributed by atoms with van der Waals surface area (Å²) in [4.78, 5) is 16.6. The van der Waals surface area contributed by atoms with Crippen LogP contribution in [0, 0.1) is 5.82 Å². The average molecular weight is 413 g/mol. The van der Waals surface area contributed by atoms with Crippen molar-refractivity contribution in [1.29, 1.82) is 0 Å². The number of amides is 1. The molecule has 1 unspecified atom stereocenters. The molecule has 1 aliphatic rings. The van der Waals surface area contributed by atoms with Crippen molar-refractivity contribution < 1.29 is 9.18 Å². The first-order valence-corrected chi connectivity index (χ1v) is 10.0. The SMILES string of the molecule is CN(CC(=O)N1CCSC1c1ccc(F)cc1)Cc1ccc(Cl)cc1Cl. The predicted molar refractivity (Wildman–Crippen MR) is 106 cm³/mol. The molecule has 3 rings (SSSR count). The summed E-state index contributed by atoms with van der Waals surface area (Å²) < 4.78 is 13.2. The van der Waals surface area contributed by atoms with Gasteiger partial charge in [0, 0.05) is 28.9 Å². The molecule has 0 radical (unpaired) electrons. The van der Waals surface area contributed by atoms with Crippen LogP contribution < -0.4 is 0 Å². The largest absolute Gasteiger partial charge is 0.325 e. The summed E-state index contributed by atoms with van der Waals surface area (Å²) in [7, 11) is 1.89. The van der Waals surface area contributed by atoms with Crippen LogP contribution in [0.25, 0.3) is 0 Å². The molecule has 1 aliphatic heterocycles. The molecule has 0 aromatic heterocycles. The number of benzene rings is 2. The van der Waals surface area contributed by atoms with Crippen molar-refractivity contribution in [2.24, 2.45) is 0 Å². The van der Waals surface area contributed by atoms with Crippen LogP contribution in [0.3, 0.4) is 0 Å². The molecule has 1 saturated heterocycles. The third kappa shape index (κ3) is 4.71. The Morgan fingerprint density at radius 3 is 2.69 bits per heavy atom. The summed E-state index contributed by atoms with van der Waals surface area (Å²) in [6, 6.07) is 11.7. The van der Waals surface area contributed by atoms with Gasteiger partial charge < -0.3 is 4.90 Å². The van der Waals surface area contributed by atoms with E-state index in [1.54, 1.807) is 36.0 Å². The Morgan fingerprint density at radius 2 is 2.00 bits per heavy atom. The lowest BCUT2D eigenvalue weighted by Crippen LogP contribution is -2.38. The van der Waals surface area contributed by atoms with Gasteiger partial charge in [-0.25, -0.2) is 4.39 Å². The number of carbonyl (C=O) groups is 1. The fraction of sp³-hybridized carbons (Fsp3) is 0.316. The van der Waals surface area contributed by atoms with Gasteiger partial charge in [0.2, 0.25) is 5.91 Å². The molecule has 1 heterocycles. The quantitative estimate of drug-likeness (QED) is 0.701. The zero-order valence-corrected chi connectivity index (χ0v) is 16.6. The van der Waals surface area contributed by atoms with Crippen molar-refractivity contribution in [3.8, 4) is 0 Å². The van der Waals surface area contributed by atoms with Gasteiger partial charge in [-0.15, -0.1) is 11.8 Å². The average Bonchev–Trinajstić information content (AvgIpc) is 3.08. The van der Waals surface area contributed by atoms with Crippen molar-refractivity contribution in [2.45, 2.75) is 11.9 Å². The van der Waals surface area contributed by atoms with E-state index in [1.165, 1.54) is 12.1 Å². The maximum atomic E-state index is 13.2. The van der Waals surface area contributed by atoms with Crippen LogP contribution in [-0.4, -0.2) is 41.6 Å². The molecule has 138 valence electrons. The molecular weight excluding hydrogens is 394 g/mol. The van der Waals surface area contributed by atoms with Crippen LogP contribution in [0.4, 0.5) is 4.39 Å². The fourth-order valence-corrected chi connectivity index (χ4v) is 4.69. The zero-order valence-electron chi connectivity index (χ0n) is 14.3. The second kappa shape index (κ2) is 8.61. The van der Waals surface area contributed by atoms with Gasteiger partial charge in [0.15, 0.2) is 0 Å². The van der Waals surface area contributed by atoms with E-state index in [0.717, 1.165) is 16.9 Å². The second-order valence-corrected chi connectivity index (χ2v) is 8.30. The van der Waals surface area contributed by atoms with Gasteiger partial charge in [-0.1, -0.05) is 41.4 Å². The number of hydrogen-bond acceptors (Lipinski definition) is 3. The van der Waals surface area contributed by atoms with E-state index >= 15 is 0 Å². The Bertz CT molecular complexity index is 788. The lowest BCUT2D eigenvalue weighted by Gasteiger charge is -2.27. The number of carbonyl (C=O) groups excluding carboxylic acids is 1. The minimum atomic E-state index is -0.269. The summed E-state index contributed by atoms with van der Waals surface area (Å²) in [5.41, 5.74) is 1.88. The highest BCUT2D eigenvalue weighted by Gasteiger charge is 2.30. The van der Waals surface area contributed by atoms with E-state index in [1.807, 2.05) is 22.9 Å². The lowest BCUT2D eigenvalue weighted by atomic mass is 10.2. The van der Waals surface area contributed by atoms with Gasteiger partial charge in [-0.3, -0.25) is 9.69 Å². The van der Waals surface area contributed by atoms with Gasteiger partial charge in [0.1, 0.15) is 11.2 Å². The first kappa shape index (κ1) is 19.5. The molecule has 3 nitrogen and oxygen atoms in total. The Labute approximate surface area is 167 Å². The van der Waals surface area contributed by atoms with E-state index in [9.17, 15) is 9.18 Å². The number of halogens is 3. The number of hydrogen-bond donors (Lipinski definition) is 0. The van der Waals surface area contributed by atoms with E-state index in [2.05, 4.69) is 0 Å². The van der Waals surface area contributed by atoms with Gasteiger partial charge in [0.25, 0.3) is 0 Å². The van der Waals surface area contributed by atoms with Crippen LogP contribution in [0.1, 0.15) is 16.5 Å². The van der Waals surface area contributed by atoms with Gasteiger partial charge in [-0.05, 0) is 42.4 Å². The van der Waals surface area contributed by atoms with E-state index in [-0.39, 0.29) is 23.6 Å². The summed E-state index contributed by atoms with van der Waals surface area (Å²) in [6.45, 7) is 1.54. The molecule has 2 aromatic carbocycles. The van der Waals surface area contributed by atoms with Crippen LogP contribution in [-0.2, 0) is 11.3 Å². The molecule has 0 bridgehead atoms. The summed E-state index contributed by atoms with van der Waals surface area (Å²) >= 11 is 13.8. The van der Waals surface area contributed by atoms with Gasteiger partial charge in [-0.2, -0.15) is 0 Å². The normalized spacial score (nSPS) is 17.1. The maximum Gasteiger partial charge on any atom is 0.237 e. The highest BCUT2D eigenvalue weighted by molar-refractivity contribution is 7.99. The summed E-state index contributed by atoms with van der Waals surface area (Å²) in [6.07, 6.45) is 0. The van der Waals surface area contributed by atoms with Crippen LogP contribution in [0.5, 0.6) is 0 Å². The topological polar surface area (TPSA) is 23.6 Å². The molecule has 26 heavy (non-hydrogen) atoms. The molecule has 1 fully saturated rings. The second-order valence-electron chi connectivity index (χ2n) is 6.27. The third-order valence-corrected chi connectivity index (χ3v) is 6.07. The molecular formula is C19H19Cl2FN2OS. The number of thioether (sulfide) groups is 1. The zero-order chi connectivity index (χ0) is 18.7. The Morgan fingerprint density at radius 1 is 1.27 bits per heavy atom. The summed E-state index contributed by atoms with van der Waals surface area (Å²) in [5.74, 6) is 0.659. The molecule has 0 saturated carbocycles. The van der Waals surface area contributed by atoms with Crippen LogP contribution in [0.2, 0.25) is 10.0 Å². The standard InChI is InChI=1S/C19H19Cl2FN2OS/c1-23(11-14-2-5-15(20)10-17(14)21)12-18(25)24-8-9-26-19(24)13-3-6-16(22)7-4-13/h2-7,10,19H,8-9,11-12H2,1H3.